The van der Waals surface area contributed by atoms with Gasteiger partial charge in [-0.25, -0.2) is 9.78 Å². The number of pyridine rings is 1. The van der Waals surface area contributed by atoms with Crippen LogP contribution in [0.4, 0.5) is 5.82 Å². The lowest BCUT2D eigenvalue weighted by molar-refractivity contribution is 0.0690. The van der Waals surface area contributed by atoms with Crippen molar-refractivity contribution in [1.29, 1.82) is 0 Å². The number of nitrogens with one attached hydrogen (secondary N) is 1. The second-order valence-corrected chi connectivity index (χ2v) is 4.04. The largest absolute Gasteiger partial charge is 0.476 e. The summed E-state index contributed by atoms with van der Waals surface area (Å²) in [4.78, 5) is 15.6. The van der Waals surface area contributed by atoms with E-state index in [1.165, 1.54) is 0 Å². The summed E-state index contributed by atoms with van der Waals surface area (Å²) >= 11 is 0. The highest BCUT2D eigenvalue weighted by Gasteiger charge is 2.19. The predicted octanol–water partition coefficient (Wildman–Crippen LogP) is 1.48. The minimum atomic E-state index is -1.01. The molecule has 1 atom stereocenters. The third kappa shape index (κ3) is 2.28. The molecule has 6 nitrogen and oxygen atoms in total. The number of imidazole rings is 1. The smallest absolute Gasteiger partial charge is 0.356 e. The number of aromatic nitrogens is 2. The maximum absolute atomic E-state index is 11.3. The van der Waals surface area contributed by atoms with Crippen molar-refractivity contribution in [3.63, 3.8) is 0 Å². The minimum absolute atomic E-state index is 0.0157. The van der Waals surface area contributed by atoms with Crippen molar-refractivity contribution in [2.24, 2.45) is 0 Å². The Labute approximate surface area is 104 Å². The van der Waals surface area contributed by atoms with Gasteiger partial charge in [0.2, 0.25) is 0 Å². The van der Waals surface area contributed by atoms with Crippen LogP contribution in [0.15, 0.2) is 24.4 Å². The van der Waals surface area contributed by atoms with E-state index in [0.29, 0.717) is 18.1 Å². The summed E-state index contributed by atoms with van der Waals surface area (Å²) in [6.07, 6.45) is 1.68. The van der Waals surface area contributed by atoms with Crippen molar-refractivity contribution in [2.75, 3.05) is 19.0 Å². The topological polar surface area (TPSA) is 75.9 Å². The third-order valence-electron chi connectivity index (χ3n) is 2.53. The van der Waals surface area contributed by atoms with Gasteiger partial charge in [0.1, 0.15) is 5.65 Å². The van der Waals surface area contributed by atoms with Crippen LogP contribution in [0.3, 0.4) is 0 Å². The first-order valence-corrected chi connectivity index (χ1v) is 5.59. The molecular weight excluding hydrogens is 234 g/mol. The van der Waals surface area contributed by atoms with E-state index in [-0.39, 0.29) is 11.7 Å². The summed E-state index contributed by atoms with van der Waals surface area (Å²) in [5.74, 6) is -0.654. The van der Waals surface area contributed by atoms with Gasteiger partial charge < -0.3 is 15.2 Å². The minimum Gasteiger partial charge on any atom is -0.476 e. The number of carboxylic acid groups (broad SMARTS) is 1. The first kappa shape index (κ1) is 12.4. The number of aromatic carboxylic acids is 1. The van der Waals surface area contributed by atoms with Gasteiger partial charge in [-0.3, -0.25) is 4.40 Å². The van der Waals surface area contributed by atoms with Crippen LogP contribution in [-0.2, 0) is 4.74 Å². The quantitative estimate of drug-likeness (QED) is 0.839. The zero-order chi connectivity index (χ0) is 13.1. The number of hydrogen-bond acceptors (Lipinski definition) is 4. The number of carbonyl (C=O) groups is 1. The zero-order valence-electron chi connectivity index (χ0n) is 10.3. The molecule has 2 heterocycles. The molecule has 18 heavy (non-hydrogen) atoms. The van der Waals surface area contributed by atoms with Gasteiger partial charge in [0.05, 0.1) is 6.61 Å². The summed E-state index contributed by atoms with van der Waals surface area (Å²) in [5, 5.41) is 12.3. The summed E-state index contributed by atoms with van der Waals surface area (Å²) in [6, 6.07) is 5.33. The second-order valence-electron chi connectivity index (χ2n) is 4.04. The van der Waals surface area contributed by atoms with Gasteiger partial charge in [-0.05, 0) is 19.1 Å². The molecule has 0 saturated carbocycles. The normalized spacial score (nSPS) is 12.6. The molecule has 0 aliphatic rings. The molecule has 0 aliphatic carbocycles. The fraction of sp³-hybridized carbons (Fsp3) is 0.333. The van der Waals surface area contributed by atoms with Crippen LogP contribution in [0.1, 0.15) is 17.4 Å². The van der Waals surface area contributed by atoms with E-state index in [0.717, 1.165) is 0 Å². The van der Waals surface area contributed by atoms with Gasteiger partial charge in [0.15, 0.2) is 11.5 Å². The zero-order valence-corrected chi connectivity index (χ0v) is 10.3. The Balaban J connectivity index is 2.43. The Morgan fingerprint density at radius 3 is 3.06 bits per heavy atom. The van der Waals surface area contributed by atoms with Gasteiger partial charge in [0, 0.05) is 19.3 Å². The lowest BCUT2D eigenvalue weighted by Gasteiger charge is -2.12. The Kier molecular flexibility index (Phi) is 3.47. The Bertz CT molecular complexity index is 565. The first-order chi connectivity index (χ1) is 8.63. The van der Waals surface area contributed by atoms with E-state index in [9.17, 15) is 9.90 Å². The van der Waals surface area contributed by atoms with Crippen molar-refractivity contribution in [3.05, 3.63) is 30.1 Å². The molecule has 6 heteroatoms. The van der Waals surface area contributed by atoms with E-state index in [1.807, 2.05) is 13.0 Å². The van der Waals surface area contributed by atoms with Crippen LogP contribution < -0.4 is 5.32 Å². The van der Waals surface area contributed by atoms with Crippen LogP contribution in [0.2, 0.25) is 0 Å². The molecule has 0 bridgehead atoms. The second kappa shape index (κ2) is 5.05. The van der Waals surface area contributed by atoms with Gasteiger partial charge in [-0.1, -0.05) is 6.07 Å². The molecule has 0 amide bonds. The Morgan fingerprint density at radius 2 is 2.39 bits per heavy atom. The fourth-order valence-electron chi connectivity index (χ4n) is 1.83. The van der Waals surface area contributed by atoms with Gasteiger partial charge in [-0.2, -0.15) is 0 Å². The summed E-state index contributed by atoms with van der Waals surface area (Å²) in [5.41, 5.74) is 0.732. The number of ether oxygens (including phenoxy) is 1. The number of anilines is 1. The highest BCUT2D eigenvalue weighted by atomic mass is 16.5. The lowest BCUT2D eigenvalue weighted by Crippen LogP contribution is -2.22. The number of rotatable bonds is 5. The van der Waals surface area contributed by atoms with Gasteiger partial charge in [-0.15, -0.1) is 0 Å². The highest BCUT2D eigenvalue weighted by molar-refractivity contribution is 5.93. The molecule has 1 unspecified atom stereocenters. The predicted molar refractivity (Wildman–Crippen MR) is 67.1 cm³/mol. The number of nitrogens with zero attached hydrogens (tertiary/aromatic N) is 2. The van der Waals surface area contributed by atoms with Crippen LogP contribution in [0.25, 0.3) is 5.65 Å². The molecule has 0 aliphatic heterocycles. The molecule has 0 saturated heterocycles. The van der Waals surface area contributed by atoms with E-state index < -0.39 is 5.97 Å². The van der Waals surface area contributed by atoms with Gasteiger partial charge >= 0.3 is 5.97 Å². The van der Waals surface area contributed by atoms with Crippen molar-refractivity contribution in [1.82, 2.24) is 9.38 Å². The van der Waals surface area contributed by atoms with E-state index in [1.54, 1.807) is 29.8 Å². The lowest BCUT2D eigenvalue weighted by atomic mass is 10.3. The summed E-state index contributed by atoms with van der Waals surface area (Å²) in [6.45, 7) is 2.38. The summed E-state index contributed by atoms with van der Waals surface area (Å²) in [7, 11) is 1.60. The molecule has 96 valence electrons. The fourth-order valence-corrected chi connectivity index (χ4v) is 1.83. The number of methoxy groups -OCH3 is 1. The molecule has 2 N–H and O–H groups in total. The third-order valence-corrected chi connectivity index (χ3v) is 2.53. The Hall–Kier alpha value is -2.08. The van der Waals surface area contributed by atoms with Crippen molar-refractivity contribution in [3.8, 4) is 0 Å². The van der Waals surface area contributed by atoms with Gasteiger partial charge in [0.25, 0.3) is 0 Å². The number of carboxylic acids is 1. The van der Waals surface area contributed by atoms with Crippen LogP contribution in [-0.4, -0.2) is 40.2 Å². The maximum Gasteiger partial charge on any atom is 0.356 e. The van der Waals surface area contributed by atoms with E-state index >= 15 is 0 Å². The average molecular weight is 249 g/mol. The summed E-state index contributed by atoms with van der Waals surface area (Å²) < 4.78 is 6.55. The first-order valence-electron chi connectivity index (χ1n) is 5.59. The van der Waals surface area contributed by atoms with Crippen molar-refractivity contribution >= 4 is 17.4 Å². The van der Waals surface area contributed by atoms with Crippen molar-refractivity contribution in [2.45, 2.75) is 13.0 Å². The molecule has 2 aromatic rings. The highest BCUT2D eigenvalue weighted by Crippen LogP contribution is 2.18. The average Bonchev–Trinajstić information content (AvgIpc) is 2.66. The monoisotopic (exact) mass is 249 g/mol. The van der Waals surface area contributed by atoms with Crippen LogP contribution in [0.5, 0.6) is 0 Å². The van der Waals surface area contributed by atoms with Crippen LogP contribution in [0, 0.1) is 0 Å². The molecule has 0 fully saturated rings. The van der Waals surface area contributed by atoms with Crippen LogP contribution >= 0.6 is 0 Å². The number of hydrogen-bond donors (Lipinski definition) is 2. The Morgan fingerprint density at radius 1 is 1.61 bits per heavy atom. The van der Waals surface area contributed by atoms with E-state index in [4.69, 9.17) is 4.74 Å². The standard InChI is InChI=1S/C12H15N3O3/c1-8(7-18-2)13-11-10(12(16)17)15-6-4-3-5-9(15)14-11/h3-6,8,13H,7H2,1-2H3,(H,16,17). The van der Waals surface area contributed by atoms with Crippen molar-refractivity contribution < 1.29 is 14.6 Å². The molecule has 0 aromatic carbocycles. The maximum atomic E-state index is 11.3. The van der Waals surface area contributed by atoms with E-state index in [2.05, 4.69) is 10.3 Å². The molecule has 2 aromatic heterocycles. The number of fused-ring (bicyclic) bond motifs is 1. The molecule has 0 spiro atoms. The molecule has 2 rings (SSSR count). The SMILES string of the molecule is COCC(C)Nc1nc2ccccn2c1C(=O)O. The molecule has 0 radical (unpaired) electrons. The molecular formula is C12H15N3O3.